The molecule has 136 valence electrons. The minimum Gasteiger partial charge on any atom is -0.353 e. The summed E-state index contributed by atoms with van der Waals surface area (Å²) in [5, 5.41) is 7.24. The van der Waals surface area contributed by atoms with Gasteiger partial charge in [-0.2, -0.15) is 5.10 Å². The third kappa shape index (κ3) is 4.02. The molecule has 1 N–H and O–H groups in total. The maximum Gasteiger partial charge on any atom is 0.267 e. The van der Waals surface area contributed by atoms with Crippen molar-refractivity contribution in [1.82, 2.24) is 20.0 Å². The lowest BCUT2D eigenvalue weighted by Gasteiger charge is -2.28. The van der Waals surface area contributed by atoms with E-state index in [-0.39, 0.29) is 18.0 Å². The Kier molecular flexibility index (Phi) is 4.84. The van der Waals surface area contributed by atoms with Crippen molar-refractivity contribution in [2.45, 2.75) is 38.3 Å². The van der Waals surface area contributed by atoms with Gasteiger partial charge in [0, 0.05) is 38.2 Å². The number of rotatable bonds is 6. The Balaban J connectivity index is 1.26. The van der Waals surface area contributed by atoms with Crippen molar-refractivity contribution in [3.63, 3.8) is 0 Å². The monoisotopic (exact) mass is 352 g/mol. The standard InChI is InChI=1S/C20H24N4O2/c25-19(14-24-20(26)8-7-18(22-24)16-5-6-16)21-10-12-23-11-9-15-3-1-2-4-17(15)13-23/h1-4,7-8,16H,5-6,9-14H2,(H,21,25). The van der Waals surface area contributed by atoms with Crippen LogP contribution < -0.4 is 10.9 Å². The van der Waals surface area contributed by atoms with Gasteiger partial charge in [-0.25, -0.2) is 4.68 Å². The van der Waals surface area contributed by atoms with Crippen molar-refractivity contribution in [1.29, 1.82) is 0 Å². The lowest BCUT2D eigenvalue weighted by molar-refractivity contribution is -0.122. The van der Waals surface area contributed by atoms with Crippen LogP contribution in [0.5, 0.6) is 0 Å². The molecule has 26 heavy (non-hydrogen) atoms. The molecule has 0 spiro atoms. The lowest BCUT2D eigenvalue weighted by atomic mass is 10.00. The SMILES string of the molecule is O=C(Cn1nc(C2CC2)ccc1=O)NCCN1CCc2ccccc2C1. The van der Waals surface area contributed by atoms with Crippen LogP contribution in [0.4, 0.5) is 0 Å². The summed E-state index contributed by atoms with van der Waals surface area (Å²) in [6.07, 6.45) is 3.30. The Morgan fingerprint density at radius 2 is 1.96 bits per heavy atom. The van der Waals surface area contributed by atoms with Crippen molar-refractivity contribution in [3.05, 3.63) is 63.6 Å². The van der Waals surface area contributed by atoms with Crippen LogP contribution in [0.3, 0.4) is 0 Å². The first-order valence-corrected chi connectivity index (χ1v) is 9.33. The summed E-state index contributed by atoms with van der Waals surface area (Å²) in [4.78, 5) is 26.4. The van der Waals surface area contributed by atoms with E-state index in [1.165, 1.54) is 21.9 Å². The average Bonchev–Trinajstić information content (AvgIpc) is 3.49. The molecular weight excluding hydrogens is 328 g/mol. The number of benzene rings is 1. The summed E-state index contributed by atoms with van der Waals surface area (Å²) in [5.41, 5.74) is 3.49. The highest BCUT2D eigenvalue weighted by Gasteiger charge is 2.25. The Labute approximate surface area is 152 Å². The highest BCUT2D eigenvalue weighted by Crippen LogP contribution is 2.38. The maximum atomic E-state index is 12.2. The van der Waals surface area contributed by atoms with E-state index >= 15 is 0 Å². The normalized spacial score (nSPS) is 16.9. The van der Waals surface area contributed by atoms with Crippen LogP contribution in [0.1, 0.15) is 35.6 Å². The smallest absolute Gasteiger partial charge is 0.267 e. The molecule has 0 bridgehead atoms. The first-order chi connectivity index (χ1) is 12.7. The Morgan fingerprint density at radius 3 is 2.77 bits per heavy atom. The molecule has 0 unspecified atom stereocenters. The summed E-state index contributed by atoms with van der Waals surface area (Å²) in [5.74, 6) is 0.303. The number of aromatic nitrogens is 2. The summed E-state index contributed by atoms with van der Waals surface area (Å²) in [7, 11) is 0. The van der Waals surface area contributed by atoms with Gasteiger partial charge in [0.2, 0.25) is 5.91 Å². The van der Waals surface area contributed by atoms with Gasteiger partial charge in [0.25, 0.3) is 5.56 Å². The Morgan fingerprint density at radius 1 is 1.15 bits per heavy atom. The zero-order valence-corrected chi connectivity index (χ0v) is 14.9. The minimum absolute atomic E-state index is 0.0117. The fourth-order valence-corrected chi connectivity index (χ4v) is 3.47. The number of hydrogen-bond acceptors (Lipinski definition) is 4. The highest BCUT2D eigenvalue weighted by molar-refractivity contribution is 5.75. The molecule has 1 aromatic carbocycles. The molecule has 2 aromatic rings. The van der Waals surface area contributed by atoms with E-state index in [2.05, 4.69) is 39.6 Å². The van der Waals surface area contributed by atoms with Crippen molar-refractivity contribution in [2.75, 3.05) is 19.6 Å². The molecule has 2 heterocycles. The Bertz CT molecular complexity index is 857. The largest absolute Gasteiger partial charge is 0.353 e. The van der Waals surface area contributed by atoms with Gasteiger partial charge >= 0.3 is 0 Å². The fraction of sp³-hybridized carbons (Fsp3) is 0.450. The molecule has 2 aliphatic rings. The number of amides is 1. The molecule has 1 fully saturated rings. The van der Waals surface area contributed by atoms with Gasteiger partial charge in [0.15, 0.2) is 0 Å². The molecule has 0 radical (unpaired) electrons. The highest BCUT2D eigenvalue weighted by atomic mass is 16.2. The maximum absolute atomic E-state index is 12.2. The second kappa shape index (κ2) is 7.41. The molecule has 1 aliphatic carbocycles. The second-order valence-corrected chi connectivity index (χ2v) is 7.17. The van der Waals surface area contributed by atoms with E-state index in [9.17, 15) is 9.59 Å². The van der Waals surface area contributed by atoms with Crippen LogP contribution in [-0.4, -0.2) is 40.2 Å². The third-order valence-corrected chi connectivity index (χ3v) is 5.14. The van der Waals surface area contributed by atoms with E-state index in [0.717, 1.165) is 44.6 Å². The van der Waals surface area contributed by atoms with Crippen molar-refractivity contribution in [3.8, 4) is 0 Å². The van der Waals surface area contributed by atoms with Crippen LogP contribution in [0.2, 0.25) is 0 Å². The van der Waals surface area contributed by atoms with E-state index in [4.69, 9.17) is 0 Å². The summed E-state index contributed by atoms with van der Waals surface area (Å²) >= 11 is 0. The van der Waals surface area contributed by atoms with E-state index in [1.807, 2.05) is 0 Å². The summed E-state index contributed by atoms with van der Waals surface area (Å²) in [6.45, 7) is 3.32. The number of carbonyl (C=O) groups is 1. The molecule has 1 saturated carbocycles. The van der Waals surface area contributed by atoms with Crippen molar-refractivity contribution < 1.29 is 4.79 Å². The quantitative estimate of drug-likeness (QED) is 0.851. The van der Waals surface area contributed by atoms with Crippen molar-refractivity contribution >= 4 is 5.91 Å². The van der Waals surface area contributed by atoms with Gasteiger partial charge in [0.1, 0.15) is 6.54 Å². The molecule has 1 aromatic heterocycles. The number of nitrogens with one attached hydrogen (secondary N) is 1. The predicted octanol–water partition coefficient (Wildman–Crippen LogP) is 1.30. The van der Waals surface area contributed by atoms with Crippen LogP contribution in [0.15, 0.2) is 41.2 Å². The van der Waals surface area contributed by atoms with Crippen LogP contribution in [0.25, 0.3) is 0 Å². The molecule has 6 nitrogen and oxygen atoms in total. The second-order valence-electron chi connectivity index (χ2n) is 7.17. The van der Waals surface area contributed by atoms with Gasteiger partial charge < -0.3 is 5.32 Å². The summed E-state index contributed by atoms with van der Waals surface area (Å²) < 4.78 is 1.28. The molecule has 1 amide bonds. The minimum atomic E-state index is -0.225. The van der Waals surface area contributed by atoms with E-state index < -0.39 is 0 Å². The van der Waals surface area contributed by atoms with Gasteiger partial charge in [-0.15, -0.1) is 0 Å². The van der Waals surface area contributed by atoms with Crippen LogP contribution >= 0.6 is 0 Å². The summed E-state index contributed by atoms with van der Waals surface area (Å²) in [6, 6.07) is 11.8. The Hall–Kier alpha value is -2.47. The average molecular weight is 352 g/mol. The number of nitrogens with zero attached hydrogens (tertiary/aromatic N) is 3. The zero-order valence-electron chi connectivity index (χ0n) is 14.9. The van der Waals surface area contributed by atoms with Gasteiger partial charge in [-0.05, 0) is 36.5 Å². The van der Waals surface area contributed by atoms with Gasteiger partial charge in [-0.3, -0.25) is 14.5 Å². The zero-order chi connectivity index (χ0) is 17.9. The third-order valence-electron chi connectivity index (χ3n) is 5.14. The predicted molar refractivity (Wildman–Crippen MR) is 98.9 cm³/mol. The number of hydrogen-bond donors (Lipinski definition) is 1. The molecule has 0 atom stereocenters. The van der Waals surface area contributed by atoms with E-state index in [1.54, 1.807) is 6.07 Å². The van der Waals surface area contributed by atoms with Crippen LogP contribution in [-0.2, 0) is 24.3 Å². The first kappa shape index (κ1) is 17.0. The van der Waals surface area contributed by atoms with Crippen molar-refractivity contribution in [2.24, 2.45) is 0 Å². The van der Waals surface area contributed by atoms with Gasteiger partial charge in [0.05, 0.1) is 5.69 Å². The topological polar surface area (TPSA) is 67.2 Å². The fourth-order valence-electron chi connectivity index (χ4n) is 3.47. The van der Waals surface area contributed by atoms with E-state index in [0.29, 0.717) is 12.5 Å². The molecular formula is C20H24N4O2. The molecule has 0 saturated heterocycles. The van der Waals surface area contributed by atoms with Gasteiger partial charge in [-0.1, -0.05) is 24.3 Å². The lowest BCUT2D eigenvalue weighted by Crippen LogP contribution is -2.40. The number of fused-ring (bicyclic) bond motifs is 1. The molecule has 1 aliphatic heterocycles. The van der Waals surface area contributed by atoms with Crippen LogP contribution in [0, 0.1) is 0 Å². The molecule has 4 rings (SSSR count). The number of carbonyl (C=O) groups excluding carboxylic acids is 1. The molecule has 6 heteroatoms. The first-order valence-electron chi connectivity index (χ1n) is 9.33.